The van der Waals surface area contributed by atoms with Gasteiger partial charge in [-0.25, -0.2) is 4.39 Å². The van der Waals surface area contributed by atoms with Crippen LogP contribution in [0.2, 0.25) is 0 Å². The van der Waals surface area contributed by atoms with E-state index >= 15 is 0 Å². The molecule has 3 nitrogen and oxygen atoms in total. The van der Waals surface area contributed by atoms with Crippen molar-refractivity contribution < 1.29 is 9.18 Å². The van der Waals surface area contributed by atoms with E-state index in [0.717, 1.165) is 16.8 Å². The van der Waals surface area contributed by atoms with Crippen molar-refractivity contribution in [3.63, 3.8) is 0 Å². The maximum atomic E-state index is 13.0. The summed E-state index contributed by atoms with van der Waals surface area (Å²) in [5.74, 6) is -0.267. The summed E-state index contributed by atoms with van der Waals surface area (Å²) < 4.78 is 14.6. The molecule has 0 aliphatic rings. The third kappa shape index (κ3) is 2.32. The van der Waals surface area contributed by atoms with Gasteiger partial charge in [-0.2, -0.15) is 5.10 Å². The van der Waals surface area contributed by atoms with Gasteiger partial charge in [-0.1, -0.05) is 6.07 Å². The van der Waals surface area contributed by atoms with E-state index in [-0.39, 0.29) is 18.0 Å². The first-order chi connectivity index (χ1) is 8.49. The average Bonchev–Trinajstić information content (AvgIpc) is 2.64. The van der Waals surface area contributed by atoms with Crippen molar-refractivity contribution >= 4 is 5.78 Å². The Morgan fingerprint density at radius 2 is 2.11 bits per heavy atom. The molecule has 0 saturated heterocycles. The fourth-order valence-corrected chi connectivity index (χ4v) is 1.90. The Morgan fingerprint density at radius 3 is 2.67 bits per heavy atom. The van der Waals surface area contributed by atoms with Gasteiger partial charge in [0.05, 0.1) is 11.8 Å². The normalized spacial score (nSPS) is 10.7. The second-order valence-electron chi connectivity index (χ2n) is 4.44. The summed E-state index contributed by atoms with van der Waals surface area (Å²) in [5.41, 5.74) is 3.12. The molecule has 0 bridgehead atoms. The summed E-state index contributed by atoms with van der Waals surface area (Å²) in [6.45, 7) is 3.67. The van der Waals surface area contributed by atoms with Crippen LogP contribution < -0.4 is 0 Å². The summed E-state index contributed by atoms with van der Waals surface area (Å²) in [6, 6.07) is 4.48. The van der Waals surface area contributed by atoms with Crippen LogP contribution in [0.4, 0.5) is 4.39 Å². The van der Waals surface area contributed by atoms with Gasteiger partial charge >= 0.3 is 0 Å². The van der Waals surface area contributed by atoms with E-state index in [2.05, 4.69) is 5.10 Å². The lowest BCUT2D eigenvalue weighted by molar-refractivity contribution is 0.0992. The zero-order valence-electron chi connectivity index (χ0n) is 10.7. The summed E-state index contributed by atoms with van der Waals surface area (Å²) >= 11 is 0. The van der Waals surface area contributed by atoms with Crippen LogP contribution in [0.15, 0.2) is 24.4 Å². The lowest BCUT2D eigenvalue weighted by Gasteiger charge is -2.05. The Kier molecular flexibility index (Phi) is 3.28. The fraction of sp³-hybridized carbons (Fsp3) is 0.286. The monoisotopic (exact) mass is 246 g/mol. The van der Waals surface area contributed by atoms with Crippen LogP contribution >= 0.6 is 0 Å². The topological polar surface area (TPSA) is 34.9 Å². The number of Topliss-reactive ketones (excluding diaryl/α,β-unsaturated/α-hetero) is 1. The van der Waals surface area contributed by atoms with Gasteiger partial charge in [0.25, 0.3) is 0 Å². The van der Waals surface area contributed by atoms with Crippen LogP contribution in [0.25, 0.3) is 0 Å². The van der Waals surface area contributed by atoms with E-state index in [1.807, 2.05) is 13.8 Å². The van der Waals surface area contributed by atoms with Crippen molar-refractivity contribution in [3.05, 3.63) is 52.6 Å². The van der Waals surface area contributed by atoms with Crippen LogP contribution in [0, 0.1) is 19.7 Å². The molecule has 1 aromatic carbocycles. The molecule has 4 heteroatoms. The first-order valence-corrected chi connectivity index (χ1v) is 5.76. The Morgan fingerprint density at radius 1 is 1.39 bits per heavy atom. The molecule has 0 amide bonds. The van der Waals surface area contributed by atoms with Crippen molar-refractivity contribution in [3.8, 4) is 0 Å². The Balaban J connectivity index is 2.24. The molecule has 0 atom stereocenters. The standard InChI is InChI=1S/C14H15FN2O/c1-9-6-12(15)5-4-11(9)7-14(18)13-8-16-17(3)10(13)2/h4-6,8H,7H2,1-3H3. The molecule has 0 radical (unpaired) electrons. The number of benzene rings is 1. The van der Waals surface area contributed by atoms with E-state index in [9.17, 15) is 9.18 Å². The van der Waals surface area contributed by atoms with Crippen molar-refractivity contribution in [1.29, 1.82) is 0 Å². The smallest absolute Gasteiger partial charge is 0.170 e. The van der Waals surface area contributed by atoms with Crippen LogP contribution in [0.5, 0.6) is 0 Å². The molecule has 0 aliphatic carbocycles. The summed E-state index contributed by atoms with van der Waals surface area (Å²) in [6.07, 6.45) is 1.86. The van der Waals surface area contributed by atoms with Gasteiger partial charge in [0.15, 0.2) is 5.78 Å². The maximum Gasteiger partial charge on any atom is 0.170 e. The zero-order valence-corrected chi connectivity index (χ0v) is 10.7. The first-order valence-electron chi connectivity index (χ1n) is 5.76. The summed E-state index contributed by atoms with van der Waals surface area (Å²) in [5, 5.41) is 4.05. The highest BCUT2D eigenvalue weighted by molar-refractivity contribution is 5.98. The highest BCUT2D eigenvalue weighted by atomic mass is 19.1. The van der Waals surface area contributed by atoms with Gasteiger partial charge in [0.2, 0.25) is 0 Å². The number of carbonyl (C=O) groups is 1. The fourth-order valence-electron chi connectivity index (χ4n) is 1.90. The molecule has 0 unspecified atom stereocenters. The van der Waals surface area contributed by atoms with Crippen LogP contribution in [0.3, 0.4) is 0 Å². The number of halogens is 1. The molecule has 1 heterocycles. The maximum absolute atomic E-state index is 13.0. The number of hydrogen-bond donors (Lipinski definition) is 0. The van der Waals surface area contributed by atoms with Crippen molar-refractivity contribution in [2.24, 2.45) is 7.05 Å². The molecular formula is C14H15FN2O. The van der Waals surface area contributed by atoms with E-state index in [1.54, 1.807) is 24.0 Å². The predicted molar refractivity (Wildman–Crippen MR) is 67.1 cm³/mol. The average molecular weight is 246 g/mol. The lowest BCUT2D eigenvalue weighted by atomic mass is 10.00. The number of rotatable bonds is 3. The number of nitrogens with zero attached hydrogens (tertiary/aromatic N) is 2. The van der Waals surface area contributed by atoms with Crippen LogP contribution in [0.1, 0.15) is 27.2 Å². The third-order valence-corrected chi connectivity index (χ3v) is 3.19. The van der Waals surface area contributed by atoms with Gasteiger partial charge in [-0.3, -0.25) is 9.48 Å². The molecule has 94 valence electrons. The highest BCUT2D eigenvalue weighted by Gasteiger charge is 2.14. The minimum atomic E-state index is -0.277. The lowest BCUT2D eigenvalue weighted by Crippen LogP contribution is -2.06. The van der Waals surface area contributed by atoms with E-state index in [4.69, 9.17) is 0 Å². The van der Waals surface area contributed by atoms with Crippen molar-refractivity contribution in [2.75, 3.05) is 0 Å². The van der Waals surface area contributed by atoms with E-state index in [0.29, 0.717) is 5.56 Å². The predicted octanol–water partition coefficient (Wildman–Crippen LogP) is 2.60. The molecule has 0 aliphatic heterocycles. The summed E-state index contributed by atoms with van der Waals surface area (Å²) in [7, 11) is 1.80. The molecule has 18 heavy (non-hydrogen) atoms. The molecule has 0 fully saturated rings. The molecule has 0 saturated carbocycles. The summed E-state index contributed by atoms with van der Waals surface area (Å²) in [4.78, 5) is 12.1. The zero-order chi connectivity index (χ0) is 13.3. The minimum absolute atomic E-state index is 0.00954. The van der Waals surface area contributed by atoms with Crippen molar-refractivity contribution in [1.82, 2.24) is 9.78 Å². The van der Waals surface area contributed by atoms with Crippen molar-refractivity contribution in [2.45, 2.75) is 20.3 Å². The van der Waals surface area contributed by atoms with Gasteiger partial charge in [-0.05, 0) is 37.1 Å². The second-order valence-corrected chi connectivity index (χ2v) is 4.44. The number of aryl methyl sites for hydroxylation is 2. The second kappa shape index (κ2) is 4.72. The first kappa shape index (κ1) is 12.5. The third-order valence-electron chi connectivity index (χ3n) is 3.19. The van der Waals surface area contributed by atoms with E-state index in [1.165, 1.54) is 12.1 Å². The van der Waals surface area contributed by atoms with Gasteiger partial charge in [-0.15, -0.1) is 0 Å². The molecule has 2 rings (SSSR count). The largest absolute Gasteiger partial charge is 0.294 e. The molecular weight excluding hydrogens is 231 g/mol. The van der Waals surface area contributed by atoms with Crippen LogP contribution in [-0.2, 0) is 13.5 Å². The number of hydrogen-bond acceptors (Lipinski definition) is 2. The highest BCUT2D eigenvalue weighted by Crippen LogP contribution is 2.15. The Bertz CT molecular complexity index is 602. The number of aromatic nitrogens is 2. The molecule has 1 aromatic heterocycles. The number of carbonyl (C=O) groups excluding carboxylic acids is 1. The van der Waals surface area contributed by atoms with Gasteiger partial charge in [0, 0.05) is 19.2 Å². The van der Waals surface area contributed by atoms with E-state index < -0.39 is 0 Å². The van der Waals surface area contributed by atoms with Gasteiger partial charge in [0.1, 0.15) is 5.82 Å². The SMILES string of the molecule is Cc1cc(F)ccc1CC(=O)c1cnn(C)c1C. The molecule has 2 aromatic rings. The van der Waals surface area contributed by atoms with Crippen LogP contribution in [-0.4, -0.2) is 15.6 Å². The Hall–Kier alpha value is -1.97. The quantitative estimate of drug-likeness (QED) is 0.780. The molecule has 0 spiro atoms. The number of ketones is 1. The minimum Gasteiger partial charge on any atom is -0.294 e. The molecule has 0 N–H and O–H groups in total. The van der Waals surface area contributed by atoms with Gasteiger partial charge < -0.3 is 0 Å². The Labute approximate surface area is 105 Å².